The largest absolute Gasteiger partial charge is 0.504 e. The molecule has 2 heterocycles. The van der Waals surface area contributed by atoms with Crippen LogP contribution in [0, 0.1) is 12.8 Å². The molecular formula is C29H33N3O6. The van der Waals surface area contributed by atoms with Crippen LogP contribution < -0.4 is 15.5 Å². The van der Waals surface area contributed by atoms with Gasteiger partial charge in [-0.15, -0.1) is 0 Å². The van der Waals surface area contributed by atoms with Crippen LogP contribution in [0.2, 0.25) is 0 Å². The Bertz CT molecular complexity index is 1500. The fourth-order valence-corrected chi connectivity index (χ4v) is 4.59. The van der Waals surface area contributed by atoms with Crippen molar-refractivity contribution in [2.24, 2.45) is 5.92 Å². The highest BCUT2D eigenvalue weighted by Crippen LogP contribution is 2.37. The van der Waals surface area contributed by atoms with Gasteiger partial charge in [-0.1, -0.05) is 32.0 Å². The first-order chi connectivity index (χ1) is 18.2. The lowest BCUT2D eigenvalue weighted by atomic mass is 9.91. The van der Waals surface area contributed by atoms with E-state index < -0.39 is 17.1 Å². The molecule has 9 nitrogen and oxygen atoms in total. The van der Waals surface area contributed by atoms with Gasteiger partial charge in [-0.2, -0.15) is 0 Å². The van der Waals surface area contributed by atoms with Gasteiger partial charge in [0.05, 0.1) is 24.1 Å². The molecule has 4 rings (SSSR count). The van der Waals surface area contributed by atoms with E-state index in [1.165, 1.54) is 19.2 Å². The number of hydrogen-bond donors (Lipinski definition) is 3. The molecule has 38 heavy (non-hydrogen) atoms. The SMILES string of the molecule is COc1cc([C@H](CC(=O)NCCc2nc3ccccc3n2CC(C)C)c2oc(C)cc(=O)c2O)ccc1O. The number of fused-ring (bicyclic) bond motifs is 1. The fraction of sp³-hybridized carbons (Fsp3) is 0.345. The van der Waals surface area contributed by atoms with Crippen molar-refractivity contribution in [1.29, 1.82) is 0 Å². The number of ether oxygens (including phenoxy) is 1. The molecule has 0 saturated heterocycles. The second-order valence-electron chi connectivity index (χ2n) is 9.74. The summed E-state index contributed by atoms with van der Waals surface area (Å²) in [7, 11) is 1.41. The summed E-state index contributed by atoms with van der Waals surface area (Å²) in [4.78, 5) is 30.2. The number of para-hydroxylation sites is 2. The Kier molecular flexibility index (Phi) is 8.05. The van der Waals surface area contributed by atoms with E-state index in [2.05, 4.69) is 23.7 Å². The molecule has 1 atom stereocenters. The Morgan fingerprint density at radius 2 is 1.92 bits per heavy atom. The Balaban J connectivity index is 1.56. The van der Waals surface area contributed by atoms with E-state index in [0.29, 0.717) is 30.2 Å². The summed E-state index contributed by atoms with van der Waals surface area (Å²) < 4.78 is 13.1. The minimum absolute atomic E-state index is 0.0170. The third-order valence-corrected chi connectivity index (χ3v) is 6.34. The minimum Gasteiger partial charge on any atom is -0.504 e. The molecule has 0 bridgehead atoms. The van der Waals surface area contributed by atoms with Gasteiger partial charge in [0.1, 0.15) is 11.6 Å². The summed E-state index contributed by atoms with van der Waals surface area (Å²) in [5.74, 6) is 0.107. The zero-order chi connectivity index (χ0) is 27.4. The number of aromatic hydroxyl groups is 2. The summed E-state index contributed by atoms with van der Waals surface area (Å²) in [6.45, 7) is 7.08. The topological polar surface area (TPSA) is 127 Å². The van der Waals surface area contributed by atoms with Crippen molar-refractivity contribution in [3.05, 3.63) is 81.7 Å². The van der Waals surface area contributed by atoms with Crippen LogP contribution in [-0.2, 0) is 17.8 Å². The molecule has 2 aromatic heterocycles. The highest BCUT2D eigenvalue weighted by Gasteiger charge is 2.27. The summed E-state index contributed by atoms with van der Waals surface area (Å²) in [6, 6.07) is 13.8. The van der Waals surface area contributed by atoms with Gasteiger partial charge < -0.3 is 29.3 Å². The van der Waals surface area contributed by atoms with Gasteiger partial charge in [-0.3, -0.25) is 9.59 Å². The molecule has 200 valence electrons. The van der Waals surface area contributed by atoms with Crippen LogP contribution in [0.25, 0.3) is 11.0 Å². The van der Waals surface area contributed by atoms with Gasteiger partial charge in [0.25, 0.3) is 0 Å². The maximum atomic E-state index is 13.1. The number of nitrogens with one attached hydrogen (secondary N) is 1. The highest BCUT2D eigenvalue weighted by atomic mass is 16.5. The van der Waals surface area contributed by atoms with Crippen LogP contribution in [0.15, 0.2) is 57.7 Å². The molecule has 0 saturated carbocycles. The van der Waals surface area contributed by atoms with Gasteiger partial charge >= 0.3 is 0 Å². The maximum Gasteiger partial charge on any atom is 0.227 e. The van der Waals surface area contributed by atoms with Gasteiger partial charge in [-0.25, -0.2) is 4.98 Å². The lowest BCUT2D eigenvalue weighted by Crippen LogP contribution is -2.28. The molecule has 4 aromatic rings. The molecule has 0 aliphatic carbocycles. The molecule has 0 fully saturated rings. The lowest BCUT2D eigenvalue weighted by Gasteiger charge is -2.19. The zero-order valence-corrected chi connectivity index (χ0v) is 22.0. The number of phenols is 1. The fourth-order valence-electron chi connectivity index (χ4n) is 4.59. The number of phenolic OH excluding ortho intramolecular Hbond substituents is 1. The molecule has 0 radical (unpaired) electrons. The van der Waals surface area contributed by atoms with Crippen molar-refractivity contribution < 1.29 is 24.2 Å². The predicted octanol–water partition coefficient (Wildman–Crippen LogP) is 4.25. The van der Waals surface area contributed by atoms with Crippen LogP contribution in [0.4, 0.5) is 0 Å². The zero-order valence-electron chi connectivity index (χ0n) is 22.0. The van der Waals surface area contributed by atoms with E-state index in [0.717, 1.165) is 23.4 Å². The molecule has 9 heteroatoms. The third-order valence-electron chi connectivity index (χ3n) is 6.34. The second kappa shape index (κ2) is 11.4. The molecular weight excluding hydrogens is 486 g/mol. The number of aryl methyl sites for hydroxylation is 1. The predicted molar refractivity (Wildman–Crippen MR) is 144 cm³/mol. The van der Waals surface area contributed by atoms with Crippen LogP contribution in [-0.4, -0.2) is 39.3 Å². The number of benzene rings is 2. The summed E-state index contributed by atoms with van der Waals surface area (Å²) >= 11 is 0. The number of hydrogen-bond acceptors (Lipinski definition) is 7. The first kappa shape index (κ1) is 26.8. The third kappa shape index (κ3) is 5.82. The summed E-state index contributed by atoms with van der Waals surface area (Å²) in [5, 5.41) is 23.5. The molecule has 0 unspecified atom stereocenters. The van der Waals surface area contributed by atoms with Gasteiger partial charge in [0, 0.05) is 32.0 Å². The van der Waals surface area contributed by atoms with Crippen molar-refractivity contribution in [1.82, 2.24) is 14.9 Å². The Morgan fingerprint density at radius 1 is 1.16 bits per heavy atom. The summed E-state index contributed by atoms with van der Waals surface area (Å²) in [5.41, 5.74) is 1.93. The van der Waals surface area contributed by atoms with Crippen LogP contribution >= 0.6 is 0 Å². The van der Waals surface area contributed by atoms with E-state index in [1.807, 2.05) is 24.3 Å². The minimum atomic E-state index is -0.789. The van der Waals surface area contributed by atoms with E-state index in [9.17, 15) is 19.8 Å². The first-order valence-electron chi connectivity index (χ1n) is 12.6. The number of carbonyl (C=O) groups excluding carboxylic acids is 1. The van der Waals surface area contributed by atoms with Crippen molar-refractivity contribution in [3.63, 3.8) is 0 Å². The van der Waals surface area contributed by atoms with Gasteiger partial charge in [0.2, 0.25) is 17.1 Å². The molecule has 0 aliphatic rings. The quantitative estimate of drug-likeness (QED) is 0.286. The van der Waals surface area contributed by atoms with Gasteiger partial charge in [-0.05, 0) is 42.7 Å². The normalized spacial score (nSPS) is 12.1. The van der Waals surface area contributed by atoms with Crippen molar-refractivity contribution in [2.75, 3.05) is 13.7 Å². The number of imidazole rings is 1. The molecule has 1 amide bonds. The van der Waals surface area contributed by atoms with E-state index in [-0.39, 0.29) is 29.6 Å². The van der Waals surface area contributed by atoms with Crippen LogP contribution in [0.1, 0.15) is 49.1 Å². The average Bonchev–Trinajstić information content (AvgIpc) is 3.22. The van der Waals surface area contributed by atoms with E-state index in [4.69, 9.17) is 14.1 Å². The number of rotatable bonds is 10. The molecule has 0 spiro atoms. The summed E-state index contributed by atoms with van der Waals surface area (Å²) in [6.07, 6.45) is 0.436. The monoisotopic (exact) mass is 519 g/mol. The maximum absolute atomic E-state index is 13.1. The number of nitrogens with zero attached hydrogens (tertiary/aromatic N) is 2. The van der Waals surface area contributed by atoms with E-state index in [1.54, 1.807) is 19.1 Å². The van der Waals surface area contributed by atoms with E-state index >= 15 is 0 Å². The Morgan fingerprint density at radius 3 is 2.66 bits per heavy atom. The Hall–Kier alpha value is -4.27. The van der Waals surface area contributed by atoms with Crippen molar-refractivity contribution in [3.8, 4) is 17.2 Å². The smallest absolute Gasteiger partial charge is 0.227 e. The molecule has 3 N–H and O–H groups in total. The molecule has 0 aliphatic heterocycles. The first-order valence-corrected chi connectivity index (χ1v) is 12.6. The molecule has 2 aromatic carbocycles. The number of aromatic nitrogens is 2. The number of carbonyl (C=O) groups is 1. The number of amides is 1. The van der Waals surface area contributed by atoms with Crippen LogP contribution in [0.3, 0.4) is 0 Å². The Labute approximate surface area is 220 Å². The average molecular weight is 520 g/mol. The highest BCUT2D eigenvalue weighted by molar-refractivity contribution is 5.78. The van der Waals surface area contributed by atoms with Crippen molar-refractivity contribution >= 4 is 16.9 Å². The number of methoxy groups -OCH3 is 1. The van der Waals surface area contributed by atoms with Crippen molar-refractivity contribution in [2.45, 2.75) is 46.1 Å². The van der Waals surface area contributed by atoms with Gasteiger partial charge in [0.15, 0.2) is 17.3 Å². The van der Waals surface area contributed by atoms with Crippen LogP contribution in [0.5, 0.6) is 17.2 Å². The lowest BCUT2D eigenvalue weighted by molar-refractivity contribution is -0.121. The standard InChI is InChI=1S/C29H33N3O6/c1-17(2)16-32-22-8-6-5-7-21(22)31-26(32)11-12-30-27(35)15-20(19-9-10-23(33)25(14-19)37-4)29-28(36)24(34)13-18(3)38-29/h5-10,13-14,17,20,33,36H,11-12,15-16H2,1-4H3,(H,30,35)/t20-/m0/s1. The second-order valence-corrected chi connectivity index (χ2v) is 9.74.